The van der Waals surface area contributed by atoms with Gasteiger partial charge in [0.05, 0.1) is 31.2 Å². The first-order valence-electron chi connectivity index (χ1n) is 13.0. The average molecular weight is 565 g/mol. The minimum absolute atomic E-state index is 0.0401. The Bertz CT molecular complexity index is 1540. The number of hydrogen-bond acceptors (Lipinski definition) is 6. The van der Waals surface area contributed by atoms with Crippen LogP contribution < -0.4 is 0 Å². The summed E-state index contributed by atoms with van der Waals surface area (Å²) in [6.07, 6.45) is -2.22. The van der Waals surface area contributed by atoms with Crippen molar-refractivity contribution in [1.82, 2.24) is 19.9 Å². The highest BCUT2D eigenvalue weighted by Crippen LogP contribution is 2.32. The maximum atomic E-state index is 12.8. The Morgan fingerprint density at radius 1 is 0.951 bits per heavy atom. The van der Waals surface area contributed by atoms with Crippen molar-refractivity contribution in [3.8, 4) is 28.1 Å². The molecule has 41 heavy (non-hydrogen) atoms. The van der Waals surface area contributed by atoms with Gasteiger partial charge in [-0.05, 0) is 59.2 Å². The van der Waals surface area contributed by atoms with Crippen molar-refractivity contribution < 1.29 is 32.6 Å². The zero-order valence-corrected chi connectivity index (χ0v) is 22.1. The zero-order chi connectivity index (χ0) is 29.1. The van der Waals surface area contributed by atoms with E-state index in [1.165, 1.54) is 7.11 Å². The second-order valence-corrected chi connectivity index (χ2v) is 9.85. The molecule has 1 N–H and O–H groups in total. The third-order valence-electron chi connectivity index (χ3n) is 7.27. The Hall–Kier alpha value is -4.51. The lowest BCUT2D eigenvalue weighted by Crippen LogP contribution is -2.45. The van der Waals surface area contributed by atoms with Crippen LogP contribution in [0.5, 0.6) is 0 Å². The van der Waals surface area contributed by atoms with E-state index in [9.17, 15) is 27.9 Å². The standard InChI is InChI=1S/C30H27F3N4O4/c1-41-28(39)25-14-24(15-26(16-25)37-17-27(34-35-37)23-4-2-19(18-38)3-5-23)21-8-6-20(7-9-21)22-10-12-36(13-11-22)29(40)30(31,32)33/h2-9,14-17,22,38H,10-13,18H2,1H3. The summed E-state index contributed by atoms with van der Waals surface area (Å²) in [6.45, 7) is 0.0564. The number of likely N-dealkylation sites (tertiary alicyclic amines) is 1. The Morgan fingerprint density at radius 2 is 1.61 bits per heavy atom. The quantitative estimate of drug-likeness (QED) is 0.326. The van der Waals surface area contributed by atoms with Crippen LogP contribution in [0.1, 0.15) is 40.2 Å². The minimum atomic E-state index is -4.86. The van der Waals surface area contributed by atoms with Crippen LogP contribution in [0.25, 0.3) is 28.1 Å². The lowest BCUT2D eigenvalue weighted by atomic mass is 9.88. The number of carbonyl (C=O) groups is 2. The first kappa shape index (κ1) is 28.0. The van der Waals surface area contributed by atoms with Gasteiger partial charge in [0.15, 0.2) is 0 Å². The van der Waals surface area contributed by atoms with Gasteiger partial charge >= 0.3 is 18.1 Å². The van der Waals surface area contributed by atoms with E-state index in [0.717, 1.165) is 32.7 Å². The molecule has 1 aromatic heterocycles. The largest absolute Gasteiger partial charge is 0.471 e. The first-order valence-corrected chi connectivity index (χ1v) is 13.0. The molecule has 5 rings (SSSR count). The number of hydrogen-bond donors (Lipinski definition) is 1. The number of aliphatic hydroxyl groups is 1. The molecule has 1 aliphatic heterocycles. The van der Waals surface area contributed by atoms with Crippen LogP contribution in [-0.2, 0) is 16.1 Å². The van der Waals surface area contributed by atoms with E-state index in [-0.39, 0.29) is 25.6 Å². The number of piperidine rings is 1. The summed E-state index contributed by atoms with van der Waals surface area (Å²) in [5.74, 6) is -2.25. The fourth-order valence-electron chi connectivity index (χ4n) is 4.99. The molecule has 1 fully saturated rings. The predicted octanol–water partition coefficient (Wildman–Crippen LogP) is 5.15. The molecule has 4 aromatic rings. The number of nitrogens with zero attached hydrogens (tertiary/aromatic N) is 4. The molecule has 0 radical (unpaired) electrons. The van der Waals surface area contributed by atoms with Crippen molar-refractivity contribution in [2.45, 2.75) is 31.5 Å². The van der Waals surface area contributed by atoms with Gasteiger partial charge in [0.25, 0.3) is 0 Å². The molecule has 0 bridgehead atoms. The van der Waals surface area contributed by atoms with Crippen LogP contribution >= 0.6 is 0 Å². The smallest absolute Gasteiger partial charge is 0.465 e. The summed E-state index contributed by atoms with van der Waals surface area (Å²) in [5, 5.41) is 17.8. The molecule has 2 heterocycles. The van der Waals surface area contributed by atoms with E-state index < -0.39 is 18.1 Å². The van der Waals surface area contributed by atoms with Crippen LogP contribution in [0.4, 0.5) is 13.2 Å². The summed E-state index contributed by atoms with van der Waals surface area (Å²) in [6, 6.07) is 20.2. The second kappa shape index (κ2) is 11.5. The van der Waals surface area contributed by atoms with Crippen molar-refractivity contribution in [2.24, 2.45) is 0 Å². The zero-order valence-electron chi connectivity index (χ0n) is 22.1. The van der Waals surface area contributed by atoms with Gasteiger partial charge in [-0.2, -0.15) is 13.2 Å². The molecule has 0 saturated carbocycles. The number of benzene rings is 3. The highest BCUT2D eigenvalue weighted by molar-refractivity contribution is 5.92. The van der Waals surface area contributed by atoms with Gasteiger partial charge in [-0.1, -0.05) is 53.7 Å². The molecule has 8 nitrogen and oxygen atoms in total. The number of aromatic nitrogens is 3. The molecule has 11 heteroatoms. The molecule has 0 unspecified atom stereocenters. The Labute approximate surface area is 234 Å². The molecular weight excluding hydrogens is 537 g/mol. The van der Waals surface area contributed by atoms with Crippen molar-refractivity contribution >= 4 is 11.9 Å². The molecule has 3 aromatic carbocycles. The van der Waals surface area contributed by atoms with Gasteiger partial charge in [0.1, 0.15) is 5.69 Å². The first-order chi connectivity index (χ1) is 19.7. The number of esters is 1. The van der Waals surface area contributed by atoms with Crippen LogP contribution in [0.2, 0.25) is 0 Å². The van der Waals surface area contributed by atoms with Crippen LogP contribution in [0.3, 0.4) is 0 Å². The van der Waals surface area contributed by atoms with Gasteiger partial charge in [-0.3, -0.25) is 4.79 Å². The summed E-state index contributed by atoms with van der Waals surface area (Å²) < 4.78 is 44.8. The molecule has 1 aliphatic rings. The number of carbonyl (C=O) groups excluding carboxylic acids is 2. The molecule has 1 amide bonds. The van der Waals surface area contributed by atoms with Gasteiger partial charge in [0.2, 0.25) is 0 Å². The highest BCUT2D eigenvalue weighted by Gasteiger charge is 2.43. The molecule has 0 aliphatic carbocycles. The topological polar surface area (TPSA) is 97.5 Å². The van der Waals surface area contributed by atoms with Crippen molar-refractivity contribution in [3.63, 3.8) is 0 Å². The fourth-order valence-corrected chi connectivity index (χ4v) is 4.99. The van der Waals surface area contributed by atoms with E-state index in [0.29, 0.717) is 29.8 Å². The van der Waals surface area contributed by atoms with Crippen LogP contribution in [0, 0.1) is 0 Å². The van der Waals surface area contributed by atoms with Crippen LogP contribution in [0.15, 0.2) is 72.9 Å². The van der Waals surface area contributed by atoms with E-state index in [2.05, 4.69) is 10.3 Å². The number of rotatable bonds is 6. The average Bonchev–Trinajstić information content (AvgIpc) is 3.50. The number of amides is 1. The van der Waals surface area contributed by atoms with Gasteiger partial charge < -0.3 is 14.7 Å². The number of methoxy groups -OCH3 is 1. The Kier molecular flexibility index (Phi) is 7.89. The number of aliphatic hydroxyl groups excluding tert-OH is 1. The summed E-state index contributed by atoms with van der Waals surface area (Å²) in [7, 11) is 1.31. The normalized spacial score (nSPS) is 14.2. The SMILES string of the molecule is COC(=O)c1cc(-c2ccc(C3CCN(C(=O)C(F)(F)F)CC3)cc2)cc(-n2cc(-c3ccc(CO)cc3)nn2)c1. The number of halogens is 3. The maximum Gasteiger partial charge on any atom is 0.471 e. The van der Waals surface area contributed by atoms with Crippen molar-refractivity contribution in [3.05, 3.63) is 89.6 Å². The van der Waals surface area contributed by atoms with E-state index >= 15 is 0 Å². The Morgan fingerprint density at radius 3 is 2.22 bits per heavy atom. The fraction of sp³-hybridized carbons (Fsp3) is 0.267. The predicted molar refractivity (Wildman–Crippen MR) is 144 cm³/mol. The van der Waals surface area contributed by atoms with Crippen molar-refractivity contribution in [1.29, 1.82) is 0 Å². The van der Waals surface area contributed by atoms with Gasteiger partial charge in [0, 0.05) is 18.7 Å². The van der Waals surface area contributed by atoms with Gasteiger partial charge in [-0.25, -0.2) is 9.48 Å². The maximum absolute atomic E-state index is 12.8. The molecular formula is C30H27F3N4O4. The van der Waals surface area contributed by atoms with E-state index in [4.69, 9.17) is 4.74 Å². The minimum Gasteiger partial charge on any atom is -0.465 e. The monoisotopic (exact) mass is 564 g/mol. The summed E-state index contributed by atoms with van der Waals surface area (Å²) in [5.41, 5.74) is 5.69. The molecule has 212 valence electrons. The third-order valence-corrected chi connectivity index (χ3v) is 7.27. The molecule has 1 saturated heterocycles. The lowest BCUT2D eigenvalue weighted by molar-refractivity contribution is -0.186. The third kappa shape index (κ3) is 6.14. The van der Waals surface area contributed by atoms with E-state index in [1.807, 2.05) is 42.5 Å². The molecule has 0 atom stereocenters. The Balaban J connectivity index is 1.38. The van der Waals surface area contributed by atoms with Gasteiger partial charge in [-0.15, -0.1) is 5.10 Å². The number of alkyl halides is 3. The lowest BCUT2D eigenvalue weighted by Gasteiger charge is -2.32. The highest BCUT2D eigenvalue weighted by atomic mass is 19.4. The second-order valence-electron chi connectivity index (χ2n) is 9.85. The number of ether oxygens (including phenoxy) is 1. The molecule has 0 spiro atoms. The summed E-state index contributed by atoms with van der Waals surface area (Å²) >= 11 is 0. The van der Waals surface area contributed by atoms with E-state index in [1.54, 1.807) is 35.1 Å². The van der Waals surface area contributed by atoms with Crippen molar-refractivity contribution in [2.75, 3.05) is 20.2 Å². The van der Waals surface area contributed by atoms with Crippen LogP contribution in [-0.4, -0.2) is 63.3 Å². The summed E-state index contributed by atoms with van der Waals surface area (Å²) in [4.78, 5) is 24.9.